The van der Waals surface area contributed by atoms with Crippen molar-refractivity contribution in [1.82, 2.24) is 5.32 Å². The van der Waals surface area contributed by atoms with Crippen molar-refractivity contribution in [2.45, 2.75) is 70.4 Å². The zero-order valence-corrected chi connectivity index (χ0v) is 15.1. The van der Waals surface area contributed by atoms with Gasteiger partial charge in [0.2, 0.25) is 0 Å². The molecule has 0 bridgehead atoms. The van der Waals surface area contributed by atoms with Gasteiger partial charge < -0.3 is 15.2 Å². The second kappa shape index (κ2) is 9.90. The lowest BCUT2D eigenvalue weighted by Gasteiger charge is -2.14. The molecule has 0 spiro atoms. The maximum Gasteiger partial charge on any atom is 0.320 e. The minimum absolute atomic E-state index is 0.145. The summed E-state index contributed by atoms with van der Waals surface area (Å²) in [6.07, 6.45) is 9.06. The molecule has 24 heavy (non-hydrogen) atoms. The van der Waals surface area contributed by atoms with E-state index in [0.29, 0.717) is 23.7 Å². The summed E-state index contributed by atoms with van der Waals surface area (Å²) in [6, 6.07) is 5.41. The second-order valence-electron chi connectivity index (χ2n) is 6.56. The zero-order chi connectivity index (χ0) is 17.4. The van der Waals surface area contributed by atoms with Crippen LogP contribution in [0, 0.1) is 0 Å². The molecule has 2 atom stereocenters. The molecule has 2 rings (SSSR count). The Hall–Kier alpha value is -1.26. The Morgan fingerprint density at radius 1 is 1.29 bits per heavy atom. The highest BCUT2D eigenvalue weighted by molar-refractivity contribution is 6.32. The number of carboxylic acids is 1. The third-order valence-electron chi connectivity index (χ3n) is 4.50. The van der Waals surface area contributed by atoms with Gasteiger partial charge in [0, 0.05) is 13.0 Å². The highest BCUT2D eigenvalue weighted by atomic mass is 35.5. The maximum atomic E-state index is 11.0. The molecule has 0 radical (unpaired) electrons. The lowest BCUT2D eigenvalue weighted by molar-refractivity contribution is -0.139. The number of aryl methyl sites for hydroxylation is 1. The predicted molar refractivity (Wildman–Crippen MR) is 97.0 cm³/mol. The van der Waals surface area contributed by atoms with Crippen molar-refractivity contribution in [3.8, 4) is 5.75 Å². The number of benzene rings is 1. The maximum absolute atomic E-state index is 11.0. The molecule has 1 aromatic rings. The van der Waals surface area contributed by atoms with Crippen LogP contribution in [0.15, 0.2) is 18.2 Å². The fraction of sp³-hybridized carbons (Fsp3) is 0.632. The van der Waals surface area contributed by atoms with Crippen LogP contribution in [0.2, 0.25) is 5.02 Å². The van der Waals surface area contributed by atoms with Crippen LogP contribution in [-0.2, 0) is 11.2 Å². The molecule has 1 heterocycles. The molecule has 1 aliphatic heterocycles. The van der Waals surface area contributed by atoms with E-state index in [1.807, 2.05) is 12.1 Å². The number of nitrogens with one attached hydrogen (secondary N) is 1. The first-order valence-electron chi connectivity index (χ1n) is 9.01. The van der Waals surface area contributed by atoms with E-state index in [2.05, 4.69) is 18.3 Å². The number of carbonyl (C=O) groups is 1. The van der Waals surface area contributed by atoms with Crippen LogP contribution < -0.4 is 10.1 Å². The van der Waals surface area contributed by atoms with Crippen molar-refractivity contribution in [2.75, 3.05) is 6.54 Å². The topological polar surface area (TPSA) is 58.6 Å². The number of unbranched alkanes of at least 4 members (excludes halogenated alkanes) is 5. The fourth-order valence-corrected chi connectivity index (χ4v) is 3.31. The van der Waals surface area contributed by atoms with E-state index in [9.17, 15) is 4.79 Å². The van der Waals surface area contributed by atoms with Crippen molar-refractivity contribution in [3.63, 3.8) is 0 Å². The van der Waals surface area contributed by atoms with Gasteiger partial charge in [-0.25, -0.2) is 0 Å². The van der Waals surface area contributed by atoms with Crippen LogP contribution in [0.5, 0.6) is 5.75 Å². The highest BCUT2D eigenvalue weighted by Crippen LogP contribution is 2.28. The molecule has 4 nitrogen and oxygen atoms in total. The molecular weight excluding hydrogens is 326 g/mol. The van der Waals surface area contributed by atoms with Gasteiger partial charge >= 0.3 is 5.97 Å². The number of carboxylic acid groups (broad SMARTS) is 1. The summed E-state index contributed by atoms with van der Waals surface area (Å²) in [7, 11) is 0. The Morgan fingerprint density at radius 3 is 2.71 bits per heavy atom. The zero-order valence-electron chi connectivity index (χ0n) is 14.4. The molecule has 0 unspecified atom stereocenters. The Labute approximate surface area is 149 Å². The lowest BCUT2D eigenvalue weighted by Crippen LogP contribution is -2.30. The average Bonchev–Trinajstić information content (AvgIpc) is 3.02. The smallest absolute Gasteiger partial charge is 0.320 e. The van der Waals surface area contributed by atoms with Crippen molar-refractivity contribution in [2.24, 2.45) is 0 Å². The molecular formula is C19H28ClNO3. The summed E-state index contributed by atoms with van der Waals surface area (Å²) in [5.41, 5.74) is 1.23. The summed E-state index contributed by atoms with van der Waals surface area (Å²) in [5.74, 6) is -0.192. The van der Waals surface area contributed by atoms with Gasteiger partial charge in [0.15, 0.2) is 0 Å². The van der Waals surface area contributed by atoms with Gasteiger partial charge in [0.25, 0.3) is 0 Å². The number of hydrogen-bond donors (Lipinski definition) is 2. The Balaban J connectivity index is 1.76. The number of aliphatic carboxylic acids is 1. The van der Waals surface area contributed by atoms with Gasteiger partial charge in [-0.2, -0.15) is 0 Å². The van der Waals surface area contributed by atoms with Gasteiger partial charge in [0.1, 0.15) is 17.9 Å². The number of rotatable bonds is 10. The molecule has 1 saturated heterocycles. The Bertz CT molecular complexity index is 535. The molecule has 134 valence electrons. The van der Waals surface area contributed by atoms with E-state index in [-0.39, 0.29) is 6.10 Å². The quantitative estimate of drug-likeness (QED) is 0.610. The molecule has 5 heteroatoms. The SMILES string of the molecule is CCCCCCCCc1ccc(O[C@H]2CN[C@H](C(=O)O)C2)c(Cl)c1. The molecule has 2 N–H and O–H groups in total. The van der Waals surface area contributed by atoms with Crippen LogP contribution in [0.3, 0.4) is 0 Å². The number of halogens is 1. The van der Waals surface area contributed by atoms with E-state index in [4.69, 9.17) is 21.4 Å². The lowest BCUT2D eigenvalue weighted by atomic mass is 10.0. The molecule has 0 aliphatic carbocycles. The van der Waals surface area contributed by atoms with Crippen LogP contribution in [0.4, 0.5) is 0 Å². The van der Waals surface area contributed by atoms with Crippen LogP contribution in [0.1, 0.15) is 57.4 Å². The summed E-state index contributed by atoms with van der Waals surface area (Å²) in [4.78, 5) is 11.0. The van der Waals surface area contributed by atoms with E-state index < -0.39 is 12.0 Å². The van der Waals surface area contributed by atoms with E-state index in [0.717, 1.165) is 6.42 Å². The minimum Gasteiger partial charge on any atom is -0.487 e. The number of ether oxygens (including phenoxy) is 1. The van der Waals surface area contributed by atoms with E-state index in [1.54, 1.807) is 0 Å². The molecule has 0 amide bonds. The molecule has 1 aromatic carbocycles. The van der Waals surface area contributed by atoms with E-state index >= 15 is 0 Å². The summed E-state index contributed by atoms with van der Waals surface area (Å²) < 4.78 is 5.85. The average molecular weight is 354 g/mol. The second-order valence-corrected chi connectivity index (χ2v) is 6.96. The normalized spacial score (nSPS) is 20.2. The fourth-order valence-electron chi connectivity index (χ4n) is 3.07. The first-order chi connectivity index (χ1) is 11.6. The van der Waals surface area contributed by atoms with E-state index in [1.165, 1.54) is 44.1 Å². The molecule has 1 aliphatic rings. The van der Waals surface area contributed by atoms with Crippen LogP contribution in [-0.4, -0.2) is 29.8 Å². The van der Waals surface area contributed by atoms with Gasteiger partial charge in [-0.05, 0) is 30.5 Å². The van der Waals surface area contributed by atoms with Gasteiger partial charge in [-0.1, -0.05) is 56.7 Å². The highest BCUT2D eigenvalue weighted by Gasteiger charge is 2.30. The Morgan fingerprint density at radius 2 is 2.04 bits per heavy atom. The first kappa shape index (κ1) is 19.1. The Kier molecular flexibility index (Phi) is 7.86. The standard InChI is InChI=1S/C19H28ClNO3/c1-2-3-4-5-6-7-8-14-9-10-18(16(20)11-14)24-15-12-17(19(22)23)21-13-15/h9-11,15,17,21H,2-8,12-13H2,1H3,(H,22,23)/t15-,17+/m1/s1. The van der Waals surface area contributed by atoms with Crippen molar-refractivity contribution >= 4 is 17.6 Å². The third-order valence-corrected chi connectivity index (χ3v) is 4.79. The summed E-state index contributed by atoms with van der Waals surface area (Å²) >= 11 is 6.33. The minimum atomic E-state index is -0.832. The third kappa shape index (κ3) is 5.99. The van der Waals surface area contributed by atoms with Crippen molar-refractivity contribution in [1.29, 1.82) is 0 Å². The van der Waals surface area contributed by atoms with Crippen LogP contribution in [0.25, 0.3) is 0 Å². The molecule has 1 fully saturated rings. The largest absolute Gasteiger partial charge is 0.487 e. The first-order valence-corrected chi connectivity index (χ1v) is 9.39. The van der Waals surface area contributed by atoms with Gasteiger partial charge in [-0.3, -0.25) is 4.79 Å². The van der Waals surface area contributed by atoms with Crippen LogP contribution >= 0.6 is 11.6 Å². The summed E-state index contributed by atoms with van der Waals surface area (Å²) in [5, 5.41) is 12.5. The van der Waals surface area contributed by atoms with Gasteiger partial charge in [0.05, 0.1) is 5.02 Å². The molecule has 0 saturated carbocycles. The van der Waals surface area contributed by atoms with Gasteiger partial charge in [-0.15, -0.1) is 0 Å². The van der Waals surface area contributed by atoms with Crippen molar-refractivity contribution in [3.05, 3.63) is 28.8 Å². The predicted octanol–water partition coefficient (Wildman–Crippen LogP) is 4.44. The molecule has 0 aromatic heterocycles. The summed E-state index contributed by atoms with van der Waals surface area (Å²) in [6.45, 7) is 2.77. The van der Waals surface area contributed by atoms with Crippen molar-refractivity contribution < 1.29 is 14.6 Å². The number of hydrogen-bond acceptors (Lipinski definition) is 3. The monoisotopic (exact) mass is 353 g/mol.